The number of hydrogen-bond acceptors (Lipinski definition) is 4. The molecule has 0 aromatic carbocycles. The molecule has 0 unspecified atom stereocenters. The Balaban J connectivity index is 2.61. The number of nitrogens with zero attached hydrogens (tertiary/aromatic N) is 1. The van der Waals surface area contributed by atoms with Crippen LogP contribution < -0.4 is 10.6 Å². The van der Waals surface area contributed by atoms with E-state index in [0.29, 0.717) is 5.01 Å². The fourth-order valence-corrected chi connectivity index (χ4v) is 1.51. The van der Waals surface area contributed by atoms with Gasteiger partial charge in [0.1, 0.15) is 0 Å². The number of amides is 2. The Morgan fingerprint density at radius 2 is 2.20 bits per heavy atom. The predicted molar refractivity (Wildman–Crippen MR) is 53.2 cm³/mol. The van der Waals surface area contributed by atoms with Crippen LogP contribution in [0.4, 0.5) is 4.39 Å². The molecule has 0 atom stereocenters. The summed E-state index contributed by atoms with van der Waals surface area (Å²) >= 11 is 0.798. The highest BCUT2D eigenvalue weighted by Gasteiger charge is 2.16. The zero-order valence-corrected chi connectivity index (χ0v) is 9.07. The summed E-state index contributed by atoms with van der Waals surface area (Å²) in [6.45, 7) is 1.41. The SMILES string of the molecule is CNC(=O)CNC(=O)c1nc(C)sc1F. The van der Waals surface area contributed by atoms with E-state index in [1.807, 2.05) is 0 Å². The third-order valence-corrected chi connectivity index (χ3v) is 2.36. The number of thiazole rings is 1. The van der Waals surface area contributed by atoms with Gasteiger partial charge in [-0.05, 0) is 6.92 Å². The highest BCUT2D eigenvalue weighted by molar-refractivity contribution is 7.10. The van der Waals surface area contributed by atoms with Gasteiger partial charge in [0.2, 0.25) is 11.0 Å². The standard InChI is InChI=1S/C8H10FN3O2S/c1-4-12-6(7(9)15-4)8(14)11-3-5(13)10-2/h3H2,1-2H3,(H,10,13)(H,11,14). The molecule has 1 heterocycles. The van der Waals surface area contributed by atoms with E-state index < -0.39 is 11.0 Å². The molecule has 0 radical (unpaired) electrons. The second kappa shape index (κ2) is 4.83. The van der Waals surface area contributed by atoms with Crippen molar-refractivity contribution in [1.29, 1.82) is 0 Å². The molecule has 0 fully saturated rings. The van der Waals surface area contributed by atoms with Gasteiger partial charge in [-0.15, -0.1) is 0 Å². The van der Waals surface area contributed by atoms with Gasteiger partial charge >= 0.3 is 0 Å². The summed E-state index contributed by atoms with van der Waals surface area (Å²) in [5.41, 5.74) is -0.263. The van der Waals surface area contributed by atoms with Gasteiger partial charge in [-0.2, -0.15) is 4.39 Å². The van der Waals surface area contributed by atoms with E-state index in [1.165, 1.54) is 7.05 Å². The molecular weight excluding hydrogens is 221 g/mol. The maximum absolute atomic E-state index is 13.1. The molecular formula is C8H10FN3O2S. The highest BCUT2D eigenvalue weighted by Crippen LogP contribution is 2.14. The van der Waals surface area contributed by atoms with Crippen LogP contribution >= 0.6 is 11.3 Å². The van der Waals surface area contributed by atoms with E-state index in [9.17, 15) is 14.0 Å². The lowest BCUT2D eigenvalue weighted by Gasteiger charge is -2.01. The second-order valence-electron chi connectivity index (χ2n) is 2.71. The molecule has 2 amide bonds. The number of aromatic nitrogens is 1. The van der Waals surface area contributed by atoms with Gasteiger partial charge in [0.05, 0.1) is 11.6 Å². The summed E-state index contributed by atoms with van der Waals surface area (Å²) < 4.78 is 13.1. The van der Waals surface area contributed by atoms with Crippen LogP contribution in [0.1, 0.15) is 15.5 Å². The minimum Gasteiger partial charge on any atom is -0.358 e. The molecule has 1 rings (SSSR count). The normalized spacial score (nSPS) is 9.80. The van der Waals surface area contributed by atoms with Crippen molar-refractivity contribution in [2.75, 3.05) is 13.6 Å². The zero-order valence-electron chi connectivity index (χ0n) is 8.26. The molecule has 0 saturated carbocycles. The summed E-state index contributed by atoms with van der Waals surface area (Å²) in [7, 11) is 1.45. The van der Waals surface area contributed by atoms with Crippen molar-refractivity contribution in [2.24, 2.45) is 0 Å². The predicted octanol–water partition coefficient (Wildman–Crippen LogP) is 0.0664. The average molecular weight is 231 g/mol. The molecule has 1 aromatic heterocycles. The van der Waals surface area contributed by atoms with E-state index in [0.717, 1.165) is 11.3 Å². The highest BCUT2D eigenvalue weighted by atomic mass is 32.1. The number of hydrogen-bond donors (Lipinski definition) is 2. The zero-order chi connectivity index (χ0) is 11.4. The van der Waals surface area contributed by atoms with E-state index in [4.69, 9.17) is 0 Å². The van der Waals surface area contributed by atoms with Crippen molar-refractivity contribution < 1.29 is 14.0 Å². The van der Waals surface area contributed by atoms with E-state index in [-0.39, 0.29) is 18.1 Å². The molecule has 0 saturated heterocycles. The minimum absolute atomic E-state index is 0.189. The van der Waals surface area contributed by atoms with Crippen molar-refractivity contribution in [3.8, 4) is 0 Å². The smallest absolute Gasteiger partial charge is 0.274 e. The first-order chi connectivity index (χ1) is 7.04. The van der Waals surface area contributed by atoms with Gasteiger partial charge in [-0.25, -0.2) is 4.98 Å². The maximum Gasteiger partial charge on any atom is 0.274 e. The largest absolute Gasteiger partial charge is 0.358 e. The average Bonchev–Trinajstić information content (AvgIpc) is 2.53. The molecule has 0 aliphatic carbocycles. The number of aryl methyl sites for hydroxylation is 1. The summed E-state index contributed by atoms with van der Waals surface area (Å²) in [4.78, 5) is 25.8. The van der Waals surface area contributed by atoms with Crippen molar-refractivity contribution in [3.63, 3.8) is 0 Å². The van der Waals surface area contributed by atoms with Crippen LogP contribution in [0.25, 0.3) is 0 Å². The molecule has 15 heavy (non-hydrogen) atoms. The van der Waals surface area contributed by atoms with Crippen LogP contribution in [-0.2, 0) is 4.79 Å². The fraction of sp³-hybridized carbons (Fsp3) is 0.375. The second-order valence-corrected chi connectivity index (χ2v) is 3.86. The van der Waals surface area contributed by atoms with Crippen molar-refractivity contribution >= 4 is 23.2 Å². The number of nitrogens with one attached hydrogen (secondary N) is 2. The number of carbonyl (C=O) groups excluding carboxylic acids is 2. The molecule has 7 heteroatoms. The number of likely N-dealkylation sites (N-methyl/N-ethyl adjacent to an activating group) is 1. The lowest BCUT2D eigenvalue weighted by atomic mass is 10.4. The Morgan fingerprint density at radius 3 is 2.67 bits per heavy atom. The van der Waals surface area contributed by atoms with Gasteiger partial charge in [0.25, 0.3) is 5.91 Å². The third-order valence-electron chi connectivity index (χ3n) is 1.60. The summed E-state index contributed by atoms with van der Waals surface area (Å²) in [5, 5.41) is 4.42. The number of carbonyl (C=O) groups is 2. The van der Waals surface area contributed by atoms with Gasteiger partial charge in [-0.3, -0.25) is 9.59 Å². The fourth-order valence-electron chi connectivity index (χ4n) is 0.875. The molecule has 5 nitrogen and oxygen atoms in total. The van der Waals surface area contributed by atoms with Crippen LogP contribution in [0.3, 0.4) is 0 Å². The van der Waals surface area contributed by atoms with Crippen LogP contribution in [-0.4, -0.2) is 30.4 Å². The third kappa shape index (κ3) is 2.98. The molecule has 0 aliphatic heterocycles. The summed E-state index contributed by atoms with van der Waals surface area (Å²) in [6.07, 6.45) is 0. The monoisotopic (exact) mass is 231 g/mol. The van der Waals surface area contributed by atoms with Crippen LogP contribution in [0, 0.1) is 12.1 Å². The molecule has 0 spiro atoms. The Bertz CT molecular complexity index is 391. The quantitative estimate of drug-likeness (QED) is 0.773. The molecule has 82 valence electrons. The maximum atomic E-state index is 13.1. The summed E-state index contributed by atoms with van der Waals surface area (Å²) in [5.74, 6) is -1.03. The molecule has 1 aromatic rings. The van der Waals surface area contributed by atoms with Crippen LogP contribution in [0.5, 0.6) is 0 Å². The van der Waals surface area contributed by atoms with Crippen LogP contribution in [0.15, 0.2) is 0 Å². The van der Waals surface area contributed by atoms with E-state index in [1.54, 1.807) is 6.92 Å². The lowest BCUT2D eigenvalue weighted by molar-refractivity contribution is -0.119. The van der Waals surface area contributed by atoms with Crippen molar-refractivity contribution in [2.45, 2.75) is 6.92 Å². The van der Waals surface area contributed by atoms with E-state index in [2.05, 4.69) is 15.6 Å². The number of rotatable bonds is 3. The van der Waals surface area contributed by atoms with Gasteiger partial charge in [0, 0.05) is 7.05 Å². The summed E-state index contributed by atoms with van der Waals surface area (Å²) in [6, 6.07) is 0. The van der Waals surface area contributed by atoms with Gasteiger partial charge in [0.15, 0.2) is 5.69 Å². The first-order valence-corrected chi connectivity index (χ1v) is 4.98. The first-order valence-electron chi connectivity index (χ1n) is 4.16. The Hall–Kier alpha value is -1.50. The van der Waals surface area contributed by atoms with Crippen molar-refractivity contribution in [3.05, 3.63) is 15.8 Å². The topological polar surface area (TPSA) is 71.1 Å². The molecule has 0 aliphatic rings. The Labute approximate surface area is 89.7 Å². The minimum atomic E-state index is -0.680. The molecule has 0 bridgehead atoms. The molecule has 2 N–H and O–H groups in total. The lowest BCUT2D eigenvalue weighted by Crippen LogP contribution is -2.35. The van der Waals surface area contributed by atoms with E-state index >= 15 is 0 Å². The Morgan fingerprint density at radius 1 is 1.53 bits per heavy atom. The Kier molecular flexibility index (Phi) is 3.73. The van der Waals surface area contributed by atoms with Crippen molar-refractivity contribution in [1.82, 2.24) is 15.6 Å². The first kappa shape index (κ1) is 11.6. The van der Waals surface area contributed by atoms with Gasteiger partial charge in [-0.1, -0.05) is 11.3 Å². The van der Waals surface area contributed by atoms with Gasteiger partial charge < -0.3 is 10.6 Å². The number of halogens is 1. The van der Waals surface area contributed by atoms with Crippen LogP contribution in [0.2, 0.25) is 0 Å².